The second-order valence-electron chi connectivity index (χ2n) is 4.42. The molecule has 0 aromatic heterocycles. The fourth-order valence-electron chi connectivity index (χ4n) is 1.56. The summed E-state index contributed by atoms with van der Waals surface area (Å²) in [4.78, 5) is 1.79. The highest BCUT2D eigenvalue weighted by Gasteiger charge is 2.34. The number of amidine groups is 1. The molecule has 1 rings (SSSR count). The number of nitrogens with two attached hydrogens (primary N) is 1. The van der Waals surface area contributed by atoms with Gasteiger partial charge < -0.3 is 15.8 Å². The van der Waals surface area contributed by atoms with Crippen LogP contribution in [0.2, 0.25) is 0 Å². The van der Waals surface area contributed by atoms with E-state index >= 15 is 0 Å². The van der Waals surface area contributed by atoms with Crippen LogP contribution >= 0.6 is 0 Å². The van der Waals surface area contributed by atoms with Crippen LogP contribution < -0.4 is 10.6 Å². The highest BCUT2D eigenvalue weighted by Crippen LogP contribution is 2.34. The summed E-state index contributed by atoms with van der Waals surface area (Å²) in [6.07, 6.45) is -4.56. The van der Waals surface area contributed by atoms with Crippen LogP contribution in [0.25, 0.3) is 0 Å². The second-order valence-corrected chi connectivity index (χ2v) is 4.42. The Balaban J connectivity index is 3.40. The number of anilines is 1. The maximum absolute atomic E-state index is 12.8. The zero-order valence-electron chi connectivity index (χ0n) is 10.9. The van der Waals surface area contributed by atoms with E-state index in [4.69, 9.17) is 10.9 Å². The molecule has 0 unspecified atom stereocenters. The van der Waals surface area contributed by atoms with Gasteiger partial charge in [0.05, 0.1) is 5.56 Å². The van der Waals surface area contributed by atoms with Gasteiger partial charge in [0, 0.05) is 24.3 Å². The van der Waals surface area contributed by atoms with Crippen molar-refractivity contribution in [1.29, 1.82) is 0 Å². The van der Waals surface area contributed by atoms with Crippen LogP contribution in [0.4, 0.5) is 18.9 Å². The third kappa shape index (κ3) is 3.30. The van der Waals surface area contributed by atoms with E-state index in [9.17, 15) is 13.2 Å². The van der Waals surface area contributed by atoms with E-state index in [1.807, 2.05) is 13.8 Å². The molecule has 0 spiro atoms. The second kappa shape index (κ2) is 5.38. The van der Waals surface area contributed by atoms with Crippen LogP contribution in [0.15, 0.2) is 23.4 Å². The van der Waals surface area contributed by atoms with Crippen molar-refractivity contribution in [2.75, 3.05) is 11.9 Å². The zero-order chi connectivity index (χ0) is 14.8. The quantitative estimate of drug-likeness (QED) is 0.386. The van der Waals surface area contributed by atoms with E-state index in [1.54, 1.807) is 11.9 Å². The minimum Gasteiger partial charge on any atom is -0.409 e. The minimum atomic E-state index is -4.56. The molecule has 19 heavy (non-hydrogen) atoms. The molecule has 1 aromatic rings. The number of hydrogen-bond donors (Lipinski definition) is 2. The Labute approximate surface area is 109 Å². The average Bonchev–Trinajstić information content (AvgIpc) is 2.34. The maximum atomic E-state index is 12.8. The Morgan fingerprint density at radius 1 is 1.37 bits per heavy atom. The number of oxime groups is 1. The zero-order valence-corrected chi connectivity index (χ0v) is 10.9. The van der Waals surface area contributed by atoms with Crippen molar-refractivity contribution in [1.82, 2.24) is 0 Å². The molecule has 0 aliphatic carbocycles. The van der Waals surface area contributed by atoms with Gasteiger partial charge >= 0.3 is 6.18 Å². The Kier molecular flexibility index (Phi) is 4.28. The summed E-state index contributed by atoms with van der Waals surface area (Å²) in [5, 5.41) is 11.3. The average molecular weight is 275 g/mol. The van der Waals surface area contributed by atoms with Crippen molar-refractivity contribution in [2.45, 2.75) is 26.1 Å². The Hall–Kier alpha value is -1.92. The molecule has 0 bridgehead atoms. The van der Waals surface area contributed by atoms with Crippen molar-refractivity contribution in [3.05, 3.63) is 29.3 Å². The minimum absolute atomic E-state index is 0.108. The molecule has 0 atom stereocenters. The number of halogens is 3. The van der Waals surface area contributed by atoms with Gasteiger partial charge in [-0.3, -0.25) is 0 Å². The van der Waals surface area contributed by atoms with E-state index in [0.29, 0.717) is 5.69 Å². The lowest BCUT2D eigenvalue weighted by Gasteiger charge is -2.25. The van der Waals surface area contributed by atoms with Gasteiger partial charge in [-0.05, 0) is 32.0 Å². The topological polar surface area (TPSA) is 61.8 Å². The van der Waals surface area contributed by atoms with Gasteiger partial charge in [0.1, 0.15) is 0 Å². The predicted molar refractivity (Wildman–Crippen MR) is 67.5 cm³/mol. The van der Waals surface area contributed by atoms with E-state index in [1.165, 1.54) is 12.1 Å². The number of benzene rings is 1. The first-order chi connectivity index (χ1) is 8.68. The lowest BCUT2D eigenvalue weighted by Crippen LogP contribution is -2.27. The molecule has 4 nitrogen and oxygen atoms in total. The van der Waals surface area contributed by atoms with Gasteiger partial charge in [-0.1, -0.05) is 5.16 Å². The largest absolute Gasteiger partial charge is 0.417 e. The molecule has 0 aliphatic heterocycles. The summed E-state index contributed by atoms with van der Waals surface area (Å²) < 4.78 is 38.5. The maximum Gasteiger partial charge on any atom is 0.417 e. The molecule has 0 radical (unpaired) electrons. The SMILES string of the molecule is CC(C)N(C)c1ccc(C(F)(F)F)c(/C(N)=N/O)c1. The van der Waals surface area contributed by atoms with Crippen LogP contribution in [0, 0.1) is 0 Å². The number of hydrogen-bond acceptors (Lipinski definition) is 3. The number of alkyl halides is 3. The molecular formula is C12H16F3N3O. The molecule has 1 aromatic carbocycles. The molecule has 0 saturated carbocycles. The van der Waals surface area contributed by atoms with Crippen molar-refractivity contribution in [3.8, 4) is 0 Å². The fraction of sp³-hybridized carbons (Fsp3) is 0.417. The van der Waals surface area contributed by atoms with Gasteiger partial charge in [-0.15, -0.1) is 0 Å². The molecule has 0 aliphatic rings. The summed E-state index contributed by atoms with van der Waals surface area (Å²) in [6, 6.07) is 3.66. The normalized spacial score (nSPS) is 12.9. The summed E-state index contributed by atoms with van der Waals surface area (Å²) in [5.41, 5.74) is 4.62. The lowest BCUT2D eigenvalue weighted by atomic mass is 10.0. The van der Waals surface area contributed by atoms with Crippen molar-refractivity contribution in [2.24, 2.45) is 10.9 Å². The van der Waals surface area contributed by atoms with Crippen LogP contribution in [-0.2, 0) is 6.18 Å². The first-order valence-electron chi connectivity index (χ1n) is 5.60. The molecular weight excluding hydrogens is 259 g/mol. The van der Waals surface area contributed by atoms with Crippen LogP contribution in [-0.4, -0.2) is 24.1 Å². The smallest absolute Gasteiger partial charge is 0.409 e. The highest BCUT2D eigenvalue weighted by molar-refractivity contribution is 5.99. The Morgan fingerprint density at radius 2 is 1.95 bits per heavy atom. The molecule has 106 valence electrons. The van der Waals surface area contributed by atoms with Crippen LogP contribution in [0.5, 0.6) is 0 Å². The number of nitrogens with zero attached hydrogens (tertiary/aromatic N) is 2. The molecule has 3 N–H and O–H groups in total. The van der Waals surface area contributed by atoms with Gasteiger partial charge in [0.25, 0.3) is 0 Å². The molecule has 0 saturated heterocycles. The van der Waals surface area contributed by atoms with E-state index in [-0.39, 0.29) is 11.6 Å². The van der Waals surface area contributed by atoms with E-state index in [0.717, 1.165) is 6.07 Å². The first kappa shape index (κ1) is 15.1. The third-order valence-electron chi connectivity index (χ3n) is 2.87. The lowest BCUT2D eigenvalue weighted by molar-refractivity contribution is -0.137. The predicted octanol–water partition coefficient (Wildman–Crippen LogP) is 2.64. The molecule has 7 heteroatoms. The van der Waals surface area contributed by atoms with Crippen molar-refractivity contribution in [3.63, 3.8) is 0 Å². The van der Waals surface area contributed by atoms with E-state index < -0.39 is 17.6 Å². The third-order valence-corrected chi connectivity index (χ3v) is 2.87. The number of rotatable bonds is 3. The van der Waals surface area contributed by atoms with Gasteiger partial charge in [0.2, 0.25) is 0 Å². The van der Waals surface area contributed by atoms with Crippen molar-refractivity contribution < 1.29 is 18.4 Å². The summed E-state index contributed by atoms with van der Waals surface area (Å²) in [6.45, 7) is 3.81. The van der Waals surface area contributed by atoms with Gasteiger partial charge in [-0.25, -0.2) is 0 Å². The van der Waals surface area contributed by atoms with Crippen LogP contribution in [0.1, 0.15) is 25.0 Å². The summed E-state index contributed by atoms with van der Waals surface area (Å²) in [5.74, 6) is -0.564. The first-order valence-corrected chi connectivity index (χ1v) is 5.60. The molecule has 0 heterocycles. The van der Waals surface area contributed by atoms with E-state index in [2.05, 4.69) is 5.16 Å². The Bertz CT molecular complexity index is 484. The molecule has 0 amide bonds. The highest BCUT2D eigenvalue weighted by atomic mass is 19.4. The monoisotopic (exact) mass is 275 g/mol. The van der Waals surface area contributed by atoms with Crippen molar-refractivity contribution >= 4 is 11.5 Å². The summed E-state index contributed by atoms with van der Waals surface area (Å²) in [7, 11) is 1.75. The van der Waals surface area contributed by atoms with Gasteiger partial charge in [0.15, 0.2) is 5.84 Å². The standard InChI is InChI=1S/C12H16F3N3O/c1-7(2)18(3)8-4-5-10(12(13,14)15)9(6-8)11(16)17-19/h4-7,19H,1-3H3,(H2,16,17). The van der Waals surface area contributed by atoms with Gasteiger partial charge in [-0.2, -0.15) is 13.2 Å². The summed E-state index contributed by atoms with van der Waals surface area (Å²) >= 11 is 0. The van der Waals surface area contributed by atoms with Crippen LogP contribution in [0.3, 0.4) is 0 Å². The Morgan fingerprint density at radius 3 is 2.37 bits per heavy atom. The fourth-order valence-corrected chi connectivity index (χ4v) is 1.56. The molecule has 0 fully saturated rings.